The fraction of sp³-hybridized carbons (Fsp3) is 0.357. The Labute approximate surface area is 120 Å². The minimum Gasteiger partial charge on any atom is -0.251 e. The van der Waals surface area contributed by atoms with E-state index in [2.05, 4.69) is 5.10 Å². The van der Waals surface area contributed by atoms with Crippen LogP contribution in [0.1, 0.15) is 36.7 Å². The summed E-state index contributed by atoms with van der Waals surface area (Å²) in [6, 6.07) is 1.46. The number of hydrogen-bond acceptors (Lipinski definition) is 1. The molecule has 1 aromatic carbocycles. The van der Waals surface area contributed by atoms with Gasteiger partial charge in [0.25, 0.3) is 0 Å². The summed E-state index contributed by atoms with van der Waals surface area (Å²) in [5.41, 5.74) is 1.31. The Kier molecular flexibility index (Phi) is 4.09. The zero-order valence-corrected chi connectivity index (χ0v) is 12.1. The van der Waals surface area contributed by atoms with Crippen molar-refractivity contribution >= 4 is 11.6 Å². The van der Waals surface area contributed by atoms with Crippen LogP contribution in [0.3, 0.4) is 0 Å². The van der Waals surface area contributed by atoms with Crippen LogP contribution in [0.15, 0.2) is 12.1 Å². The van der Waals surface area contributed by atoms with Gasteiger partial charge in [-0.25, -0.2) is 13.2 Å². The molecule has 0 aliphatic carbocycles. The second kappa shape index (κ2) is 5.48. The molecule has 0 spiro atoms. The van der Waals surface area contributed by atoms with Gasteiger partial charge >= 0.3 is 0 Å². The maximum atomic E-state index is 13.6. The van der Waals surface area contributed by atoms with Gasteiger partial charge in [-0.15, -0.1) is 0 Å². The largest absolute Gasteiger partial charge is 0.251 e. The Morgan fingerprint density at radius 3 is 2.30 bits per heavy atom. The van der Waals surface area contributed by atoms with Crippen LogP contribution in [0.2, 0.25) is 5.15 Å². The molecule has 0 saturated heterocycles. The molecule has 0 atom stereocenters. The topological polar surface area (TPSA) is 17.8 Å². The van der Waals surface area contributed by atoms with Gasteiger partial charge in [-0.2, -0.15) is 5.10 Å². The molecule has 20 heavy (non-hydrogen) atoms. The second-order valence-corrected chi connectivity index (χ2v) is 5.29. The standard InChI is InChI=1S/C14H14ClF3N2/c1-7(2)20-14(15)8(3)13(19-20)5-9-4-11(17)12(18)6-10(9)16/h4,6-7H,5H2,1-3H3. The zero-order valence-electron chi connectivity index (χ0n) is 11.3. The van der Waals surface area contributed by atoms with Crippen LogP contribution >= 0.6 is 11.6 Å². The number of rotatable bonds is 3. The minimum atomic E-state index is -1.20. The number of halogens is 4. The van der Waals surface area contributed by atoms with Gasteiger partial charge in [-0.3, -0.25) is 4.68 Å². The predicted molar refractivity (Wildman–Crippen MR) is 71.5 cm³/mol. The van der Waals surface area contributed by atoms with Crippen molar-refractivity contribution in [2.24, 2.45) is 0 Å². The summed E-state index contributed by atoms with van der Waals surface area (Å²) in [5, 5.41) is 4.77. The number of hydrogen-bond donors (Lipinski definition) is 0. The van der Waals surface area contributed by atoms with Crippen LogP contribution in [-0.4, -0.2) is 9.78 Å². The third kappa shape index (κ3) is 2.68. The molecule has 6 heteroatoms. The fourth-order valence-electron chi connectivity index (χ4n) is 1.93. The lowest BCUT2D eigenvalue weighted by molar-refractivity contribution is 0.490. The van der Waals surface area contributed by atoms with Gasteiger partial charge in [0.2, 0.25) is 0 Å². The molecule has 108 valence electrons. The van der Waals surface area contributed by atoms with Gasteiger partial charge in [0.15, 0.2) is 11.6 Å². The summed E-state index contributed by atoms with van der Waals surface area (Å²) >= 11 is 6.14. The van der Waals surface area contributed by atoms with Crippen molar-refractivity contribution in [1.29, 1.82) is 0 Å². The Morgan fingerprint density at radius 1 is 1.15 bits per heavy atom. The molecule has 0 aliphatic heterocycles. The summed E-state index contributed by atoms with van der Waals surface area (Å²) in [5.74, 6) is -3.07. The molecule has 1 heterocycles. The van der Waals surface area contributed by atoms with Gasteiger partial charge in [0.1, 0.15) is 11.0 Å². The zero-order chi connectivity index (χ0) is 15.0. The Balaban J connectivity index is 2.40. The molecule has 0 saturated carbocycles. The summed E-state index contributed by atoms with van der Waals surface area (Å²) in [7, 11) is 0. The van der Waals surface area contributed by atoms with E-state index in [-0.39, 0.29) is 18.0 Å². The van der Waals surface area contributed by atoms with Crippen molar-refractivity contribution in [2.45, 2.75) is 33.2 Å². The average molecular weight is 303 g/mol. The lowest BCUT2D eigenvalue weighted by Gasteiger charge is -2.06. The summed E-state index contributed by atoms with van der Waals surface area (Å²) < 4.78 is 41.3. The van der Waals surface area contributed by atoms with Crippen molar-refractivity contribution in [1.82, 2.24) is 9.78 Å². The highest BCUT2D eigenvalue weighted by molar-refractivity contribution is 6.30. The van der Waals surface area contributed by atoms with Crippen LogP contribution in [0.5, 0.6) is 0 Å². The summed E-state index contributed by atoms with van der Waals surface area (Å²) in [4.78, 5) is 0. The Morgan fingerprint density at radius 2 is 1.75 bits per heavy atom. The second-order valence-electron chi connectivity index (χ2n) is 4.94. The molecule has 0 fully saturated rings. The van der Waals surface area contributed by atoms with E-state index in [1.807, 2.05) is 13.8 Å². The van der Waals surface area contributed by atoms with E-state index in [4.69, 9.17) is 11.6 Å². The molecule has 0 N–H and O–H groups in total. The Hall–Kier alpha value is -1.49. The Bertz CT molecular complexity index is 650. The number of benzene rings is 1. The molecule has 2 nitrogen and oxygen atoms in total. The van der Waals surface area contributed by atoms with Gasteiger partial charge < -0.3 is 0 Å². The lowest BCUT2D eigenvalue weighted by Crippen LogP contribution is -2.04. The molecule has 0 bridgehead atoms. The molecule has 1 aromatic heterocycles. The van der Waals surface area contributed by atoms with E-state index >= 15 is 0 Å². The molecule has 0 unspecified atom stereocenters. The quantitative estimate of drug-likeness (QED) is 0.767. The predicted octanol–water partition coefficient (Wildman–Crippen LogP) is 4.43. The van der Waals surface area contributed by atoms with Crippen molar-refractivity contribution in [3.63, 3.8) is 0 Å². The number of aromatic nitrogens is 2. The van der Waals surface area contributed by atoms with Crippen LogP contribution in [0.4, 0.5) is 13.2 Å². The first-order chi connectivity index (χ1) is 9.31. The van der Waals surface area contributed by atoms with Crippen molar-refractivity contribution in [3.8, 4) is 0 Å². The van der Waals surface area contributed by atoms with E-state index < -0.39 is 17.5 Å². The van der Waals surface area contributed by atoms with Crippen molar-refractivity contribution < 1.29 is 13.2 Å². The third-order valence-electron chi connectivity index (χ3n) is 3.11. The normalized spacial score (nSPS) is 11.4. The third-order valence-corrected chi connectivity index (χ3v) is 3.56. The van der Waals surface area contributed by atoms with Gasteiger partial charge in [0, 0.05) is 24.1 Å². The lowest BCUT2D eigenvalue weighted by atomic mass is 10.1. The highest BCUT2D eigenvalue weighted by atomic mass is 35.5. The SMILES string of the molecule is Cc1c(Cc2cc(F)c(F)cc2F)nn(C(C)C)c1Cl. The van der Waals surface area contributed by atoms with Gasteiger partial charge in [0.05, 0.1) is 5.69 Å². The average Bonchev–Trinajstić information content (AvgIpc) is 2.64. The highest BCUT2D eigenvalue weighted by Gasteiger charge is 2.17. The van der Waals surface area contributed by atoms with Crippen LogP contribution in [0, 0.1) is 24.4 Å². The fourth-order valence-corrected chi connectivity index (χ4v) is 2.27. The molecule has 2 rings (SSSR count). The molecule has 0 aliphatic rings. The van der Waals surface area contributed by atoms with E-state index in [1.54, 1.807) is 11.6 Å². The molecule has 2 aromatic rings. The van der Waals surface area contributed by atoms with Gasteiger partial charge in [-0.1, -0.05) is 11.6 Å². The van der Waals surface area contributed by atoms with Crippen molar-refractivity contribution in [3.05, 3.63) is 51.6 Å². The number of nitrogens with zero attached hydrogens (tertiary/aromatic N) is 2. The molecular weight excluding hydrogens is 289 g/mol. The van der Waals surface area contributed by atoms with Crippen LogP contribution < -0.4 is 0 Å². The maximum Gasteiger partial charge on any atom is 0.161 e. The first kappa shape index (κ1) is 14.9. The van der Waals surface area contributed by atoms with E-state index in [9.17, 15) is 13.2 Å². The van der Waals surface area contributed by atoms with Crippen LogP contribution in [-0.2, 0) is 6.42 Å². The first-order valence-electron chi connectivity index (χ1n) is 6.18. The smallest absolute Gasteiger partial charge is 0.161 e. The highest BCUT2D eigenvalue weighted by Crippen LogP contribution is 2.25. The van der Waals surface area contributed by atoms with Gasteiger partial charge in [-0.05, 0) is 32.4 Å². The maximum absolute atomic E-state index is 13.6. The minimum absolute atomic E-state index is 0.0528. The molecule has 0 amide bonds. The summed E-state index contributed by atoms with van der Waals surface area (Å²) in [6.07, 6.45) is 0.0638. The van der Waals surface area contributed by atoms with Crippen molar-refractivity contribution in [2.75, 3.05) is 0 Å². The first-order valence-corrected chi connectivity index (χ1v) is 6.56. The van der Waals surface area contributed by atoms with Crippen LogP contribution in [0.25, 0.3) is 0 Å². The monoisotopic (exact) mass is 302 g/mol. The molecule has 0 radical (unpaired) electrons. The van der Waals surface area contributed by atoms with E-state index in [1.165, 1.54) is 0 Å². The van der Waals surface area contributed by atoms with E-state index in [0.29, 0.717) is 22.5 Å². The van der Waals surface area contributed by atoms with E-state index in [0.717, 1.165) is 6.07 Å². The molecular formula is C14H14ClF3N2. The summed E-state index contributed by atoms with van der Waals surface area (Å²) in [6.45, 7) is 5.60.